The zero-order valence-corrected chi connectivity index (χ0v) is 17.6. The van der Waals surface area contributed by atoms with Gasteiger partial charge in [0.15, 0.2) is 6.61 Å². The number of hydrogen-bond donors (Lipinski definition) is 1. The molecule has 0 radical (unpaired) electrons. The lowest BCUT2D eigenvalue weighted by molar-refractivity contribution is -0.154. The molecular weight excluding hydrogens is 390 g/mol. The summed E-state index contributed by atoms with van der Waals surface area (Å²) < 4.78 is 10.5. The Balaban J connectivity index is 1.76. The molecule has 30 heavy (non-hydrogen) atoms. The Bertz CT molecular complexity index is 844. The normalized spacial score (nSPS) is 27.7. The summed E-state index contributed by atoms with van der Waals surface area (Å²) >= 11 is 0. The van der Waals surface area contributed by atoms with Crippen molar-refractivity contribution in [1.29, 1.82) is 0 Å². The van der Waals surface area contributed by atoms with Gasteiger partial charge in [0.25, 0.3) is 5.91 Å². The fourth-order valence-electron chi connectivity index (χ4n) is 4.43. The predicted octanol–water partition coefficient (Wildman–Crippen LogP) is 0.0484. The van der Waals surface area contributed by atoms with Crippen molar-refractivity contribution in [1.82, 2.24) is 15.1 Å². The molecule has 2 saturated heterocycles. The number of benzene rings is 1. The van der Waals surface area contributed by atoms with Gasteiger partial charge in [0, 0.05) is 26.7 Å². The van der Waals surface area contributed by atoms with Crippen molar-refractivity contribution in [3.63, 3.8) is 0 Å². The first-order valence-corrected chi connectivity index (χ1v) is 9.86. The number of imide groups is 1. The third-order valence-electron chi connectivity index (χ3n) is 6.09. The minimum Gasteiger partial charge on any atom is -0.484 e. The first-order valence-electron chi connectivity index (χ1n) is 9.86. The molecule has 0 saturated carbocycles. The number of ether oxygens (including phenoxy) is 2. The summed E-state index contributed by atoms with van der Waals surface area (Å²) in [5, 5.41) is 3.17. The molecule has 0 bridgehead atoms. The standard InChI is InChI=1S/C21H27N3O6/c1-5-21(20(28)29-4)17-16(18(26)24(3)19(17)27)14(22-21)11-23(2)15(25)12-30-13-9-7-6-8-10-13/h6-10,14,16-17,22H,5,11-12H2,1-4H3/t14-,16+,17-,21-/m1/s1. The highest BCUT2D eigenvalue weighted by molar-refractivity contribution is 6.09. The number of carbonyl (C=O) groups is 4. The molecule has 2 fully saturated rings. The number of para-hydroxylation sites is 1. The quantitative estimate of drug-likeness (QED) is 0.494. The fraction of sp³-hybridized carbons (Fsp3) is 0.524. The van der Waals surface area contributed by atoms with Crippen molar-refractivity contribution in [2.45, 2.75) is 24.9 Å². The van der Waals surface area contributed by atoms with E-state index in [4.69, 9.17) is 9.47 Å². The van der Waals surface area contributed by atoms with Crippen LogP contribution in [0.4, 0.5) is 0 Å². The number of methoxy groups -OCH3 is 1. The summed E-state index contributed by atoms with van der Waals surface area (Å²) in [7, 11) is 4.27. The maximum Gasteiger partial charge on any atom is 0.326 e. The summed E-state index contributed by atoms with van der Waals surface area (Å²) in [4.78, 5) is 53.2. The average Bonchev–Trinajstić information content (AvgIpc) is 3.21. The van der Waals surface area contributed by atoms with Gasteiger partial charge < -0.3 is 14.4 Å². The largest absolute Gasteiger partial charge is 0.484 e. The van der Waals surface area contributed by atoms with Crippen LogP contribution in [0.25, 0.3) is 0 Å². The van der Waals surface area contributed by atoms with E-state index in [2.05, 4.69) is 5.32 Å². The first-order chi connectivity index (χ1) is 14.3. The molecule has 9 heteroatoms. The minimum absolute atomic E-state index is 0.143. The van der Waals surface area contributed by atoms with E-state index in [1.807, 2.05) is 18.2 Å². The number of carbonyl (C=O) groups excluding carboxylic acids is 4. The van der Waals surface area contributed by atoms with Gasteiger partial charge >= 0.3 is 5.97 Å². The summed E-state index contributed by atoms with van der Waals surface area (Å²) in [5.74, 6) is -2.66. The summed E-state index contributed by atoms with van der Waals surface area (Å²) in [6.45, 7) is 1.75. The smallest absolute Gasteiger partial charge is 0.326 e. The van der Waals surface area contributed by atoms with Gasteiger partial charge in [-0.05, 0) is 18.6 Å². The third-order valence-corrected chi connectivity index (χ3v) is 6.09. The molecule has 0 unspecified atom stereocenters. The van der Waals surface area contributed by atoms with Gasteiger partial charge in [-0.25, -0.2) is 0 Å². The second kappa shape index (κ2) is 8.43. The van der Waals surface area contributed by atoms with Gasteiger partial charge in [-0.1, -0.05) is 25.1 Å². The van der Waals surface area contributed by atoms with Crippen LogP contribution in [0.2, 0.25) is 0 Å². The average molecular weight is 417 g/mol. The Labute approximate surface area is 175 Å². The number of hydrogen-bond acceptors (Lipinski definition) is 7. The van der Waals surface area contributed by atoms with Crippen molar-refractivity contribution >= 4 is 23.7 Å². The Kier molecular flexibility index (Phi) is 6.12. The number of esters is 1. The van der Waals surface area contributed by atoms with Gasteiger partial charge in [0.05, 0.1) is 18.9 Å². The second-order valence-electron chi connectivity index (χ2n) is 7.68. The molecule has 2 heterocycles. The Morgan fingerprint density at radius 3 is 2.47 bits per heavy atom. The zero-order chi connectivity index (χ0) is 22.1. The van der Waals surface area contributed by atoms with Gasteiger partial charge in [-0.2, -0.15) is 0 Å². The van der Waals surface area contributed by atoms with Crippen LogP contribution in [0.3, 0.4) is 0 Å². The lowest BCUT2D eigenvalue weighted by Crippen LogP contribution is -2.57. The number of likely N-dealkylation sites (N-methyl/N-ethyl adjacent to an activating group) is 1. The summed E-state index contributed by atoms with van der Waals surface area (Å²) in [6.07, 6.45) is 0.277. The van der Waals surface area contributed by atoms with Crippen LogP contribution in [0.1, 0.15) is 13.3 Å². The molecule has 162 valence electrons. The van der Waals surface area contributed by atoms with Crippen molar-refractivity contribution < 1.29 is 28.7 Å². The van der Waals surface area contributed by atoms with Gasteiger partial charge in [0.2, 0.25) is 11.8 Å². The molecule has 3 rings (SSSR count). The van der Waals surface area contributed by atoms with Crippen LogP contribution in [0, 0.1) is 11.8 Å². The van der Waals surface area contributed by atoms with Crippen LogP contribution in [0.5, 0.6) is 5.75 Å². The molecule has 0 spiro atoms. The Morgan fingerprint density at radius 1 is 1.20 bits per heavy atom. The molecule has 2 aliphatic heterocycles. The summed E-state index contributed by atoms with van der Waals surface area (Å²) in [5.41, 5.74) is -1.30. The Morgan fingerprint density at radius 2 is 1.87 bits per heavy atom. The van der Waals surface area contributed by atoms with Gasteiger partial charge in [-0.15, -0.1) is 0 Å². The van der Waals surface area contributed by atoms with E-state index in [1.165, 1.54) is 19.1 Å². The molecule has 1 aromatic carbocycles. The second-order valence-corrected chi connectivity index (χ2v) is 7.68. The van der Waals surface area contributed by atoms with Gasteiger partial charge in [0.1, 0.15) is 11.3 Å². The lowest BCUT2D eigenvalue weighted by Gasteiger charge is -2.31. The monoisotopic (exact) mass is 417 g/mol. The fourth-order valence-corrected chi connectivity index (χ4v) is 4.43. The van der Waals surface area contributed by atoms with Crippen LogP contribution in [-0.4, -0.2) is 79.4 Å². The van der Waals surface area contributed by atoms with Crippen molar-refractivity contribution in [3.05, 3.63) is 30.3 Å². The van der Waals surface area contributed by atoms with Crippen molar-refractivity contribution in [2.75, 3.05) is 34.4 Å². The van der Waals surface area contributed by atoms with Crippen LogP contribution < -0.4 is 10.1 Å². The van der Waals surface area contributed by atoms with E-state index in [1.54, 1.807) is 26.1 Å². The highest BCUT2D eigenvalue weighted by Crippen LogP contribution is 2.44. The molecule has 2 aliphatic rings. The molecule has 0 aromatic heterocycles. The van der Waals surface area contributed by atoms with Crippen LogP contribution in [0.15, 0.2) is 30.3 Å². The highest BCUT2D eigenvalue weighted by atomic mass is 16.5. The number of nitrogens with zero attached hydrogens (tertiary/aromatic N) is 2. The molecule has 9 nitrogen and oxygen atoms in total. The maximum absolute atomic E-state index is 12.8. The number of nitrogens with one attached hydrogen (secondary N) is 1. The van der Waals surface area contributed by atoms with Crippen molar-refractivity contribution in [2.24, 2.45) is 11.8 Å². The highest BCUT2D eigenvalue weighted by Gasteiger charge is 2.67. The molecule has 1 aromatic rings. The molecule has 3 amide bonds. The predicted molar refractivity (Wildman–Crippen MR) is 106 cm³/mol. The van der Waals surface area contributed by atoms with E-state index in [0.29, 0.717) is 5.75 Å². The minimum atomic E-state index is -1.30. The van der Waals surface area contributed by atoms with E-state index in [9.17, 15) is 19.2 Å². The van der Waals surface area contributed by atoms with Crippen LogP contribution in [-0.2, 0) is 23.9 Å². The molecule has 1 N–H and O–H groups in total. The number of fused-ring (bicyclic) bond motifs is 1. The van der Waals surface area contributed by atoms with E-state index in [-0.39, 0.29) is 31.4 Å². The maximum atomic E-state index is 12.8. The van der Waals surface area contributed by atoms with E-state index >= 15 is 0 Å². The first kappa shape index (κ1) is 21.8. The summed E-state index contributed by atoms with van der Waals surface area (Å²) in [6, 6.07) is 8.40. The number of rotatable bonds is 7. The Hall–Kier alpha value is -2.94. The molecule has 4 atom stereocenters. The molecular formula is C21H27N3O6. The third kappa shape index (κ3) is 3.54. The topological polar surface area (TPSA) is 105 Å². The SMILES string of the molecule is CC[C@@]1(C(=O)OC)N[C@H](CN(C)C(=O)COc2ccccc2)[C@@H]2C(=O)N(C)C(=O)[C@@H]21. The van der Waals surface area contributed by atoms with Crippen LogP contribution >= 0.6 is 0 Å². The lowest BCUT2D eigenvalue weighted by atomic mass is 9.78. The van der Waals surface area contributed by atoms with Crippen molar-refractivity contribution in [3.8, 4) is 5.75 Å². The zero-order valence-electron chi connectivity index (χ0n) is 17.6. The van der Waals surface area contributed by atoms with E-state index in [0.717, 1.165) is 4.90 Å². The molecule has 0 aliphatic carbocycles. The number of amides is 3. The van der Waals surface area contributed by atoms with Gasteiger partial charge in [-0.3, -0.25) is 29.4 Å². The number of likely N-dealkylation sites (tertiary alicyclic amines) is 1. The van der Waals surface area contributed by atoms with E-state index < -0.39 is 35.3 Å².